The van der Waals surface area contributed by atoms with Gasteiger partial charge in [-0.15, -0.1) is 5.10 Å². The maximum atomic E-state index is 9.35. The van der Waals surface area contributed by atoms with Crippen LogP contribution in [-0.2, 0) is 6.54 Å². The van der Waals surface area contributed by atoms with E-state index in [1.165, 1.54) is 0 Å². The van der Waals surface area contributed by atoms with Gasteiger partial charge in [0.1, 0.15) is 11.6 Å². The van der Waals surface area contributed by atoms with E-state index >= 15 is 0 Å². The lowest BCUT2D eigenvalue weighted by Crippen LogP contribution is -2.06. The standard InChI is InChI=1S/C15H13N5/c1-17-10-11-6-7-14(12(8-11)9-16)20-15-5-3-2-4-13(15)18-19-20/h2-8,17H,10H2,1H3. The molecular weight excluding hydrogens is 250 g/mol. The van der Waals surface area contributed by atoms with Crippen molar-refractivity contribution in [2.75, 3.05) is 7.05 Å². The van der Waals surface area contributed by atoms with Crippen molar-refractivity contribution in [3.63, 3.8) is 0 Å². The second kappa shape index (κ2) is 5.11. The molecule has 5 heteroatoms. The second-order valence-electron chi connectivity index (χ2n) is 4.48. The normalized spacial score (nSPS) is 10.6. The summed E-state index contributed by atoms with van der Waals surface area (Å²) in [5.41, 5.74) is 4.12. The van der Waals surface area contributed by atoms with Gasteiger partial charge in [-0.05, 0) is 36.9 Å². The van der Waals surface area contributed by atoms with Gasteiger partial charge < -0.3 is 5.32 Å². The minimum absolute atomic E-state index is 0.591. The van der Waals surface area contributed by atoms with E-state index in [9.17, 15) is 5.26 Å². The quantitative estimate of drug-likeness (QED) is 0.785. The predicted molar refractivity (Wildman–Crippen MR) is 76.3 cm³/mol. The van der Waals surface area contributed by atoms with E-state index in [0.29, 0.717) is 5.56 Å². The van der Waals surface area contributed by atoms with Gasteiger partial charge >= 0.3 is 0 Å². The Morgan fingerprint density at radius 3 is 2.90 bits per heavy atom. The Morgan fingerprint density at radius 2 is 2.10 bits per heavy atom. The Labute approximate surface area is 116 Å². The van der Waals surface area contributed by atoms with Crippen molar-refractivity contribution < 1.29 is 0 Å². The highest BCUT2D eigenvalue weighted by atomic mass is 15.4. The molecular formula is C15H13N5. The van der Waals surface area contributed by atoms with E-state index in [1.54, 1.807) is 4.68 Å². The van der Waals surface area contributed by atoms with Crippen molar-refractivity contribution in [1.29, 1.82) is 5.26 Å². The Kier molecular flexibility index (Phi) is 3.15. The fourth-order valence-corrected chi connectivity index (χ4v) is 2.22. The summed E-state index contributed by atoms with van der Waals surface area (Å²) in [6.45, 7) is 0.729. The third-order valence-corrected chi connectivity index (χ3v) is 3.14. The van der Waals surface area contributed by atoms with Crippen LogP contribution >= 0.6 is 0 Å². The van der Waals surface area contributed by atoms with E-state index in [0.717, 1.165) is 28.8 Å². The van der Waals surface area contributed by atoms with E-state index in [-0.39, 0.29) is 0 Å². The maximum absolute atomic E-state index is 9.35. The molecule has 0 atom stereocenters. The van der Waals surface area contributed by atoms with E-state index in [4.69, 9.17) is 0 Å². The third kappa shape index (κ3) is 2.02. The zero-order chi connectivity index (χ0) is 13.9. The molecule has 1 N–H and O–H groups in total. The highest BCUT2D eigenvalue weighted by Gasteiger charge is 2.10. The average molecular weight is 263 g/mol. The van der Waals surface area contributed by atoms with Gasteiger partial charge in [0.15, 0.2) is 0 Å². The van der Waals surface area contributed by atoms with Crippen LogP contribution in [0.25, 0.3) is 16.7 Å². The van der Waals surface area contributed by atoms with E-state index in [1.807, 2.05) is 49.5 Å². The molecule has 2 aromatic carbocycles. The molecule has 20 heavy (non-hydrogen) atoms. The molecule has 0 spiro atoms. The molecule has 1 heterocycles. The Bertz CT molecular complexity index is 797. The number of benzene rings is 2. The summed E-state index contributed by atoms with van der Waals surface area (Å²) in [5, 5.41) is 20.7. The van der Waals surface area contributed by atoms with E-state index < -0.39 is 0 Å². The van der Waals surface area contributed by atoms with Crippen molar-refractivity contribution in [1.82, 2.24) is 20.3 Å². The molecule has 0 amide bonds. The van der Waals surface area contributed by atoms with Gasteiger partial charge in [0.25, 0.3) is 0 Å². The molecule has 0 aliphatic heterocycles. The molecule has 0 radical (unpaired) electrons. The number of fused-ring (bicyclic) bond motifs is 1. The fourth-order valence-electron chi connectivity index (χ4n) is 2.22. The lowest BCUT2D eigenvalue weighted by molar-refractivity contribution is 0.806. The fraction of sp³-hybridized carbons (Fsp3) is 0.133. The van der Waals surface area contributed by atoms with Crippen LogP contribution in [0, 0.1) is 11.3 Å². The van der Waals surface area contributed by atoms with Crippen molar-refractivity contribution in [3.05, 3.63) is 53.6 Å². The topological polar surface area (TPSA) is 66.5 Å². The monoisotopic (exact) mass is 263 g/mol. The van der Waals surface area contributed by atoms with Crippen molar-refractivity contribution >= 4 is 11.0 Å². The lowest BCUT2D eigenvalue weighted by Gasteiger charge is -2.07. The first-order valence-electron chi connectivity index (χ1n) is 6.32. The third-order valence-electron chi connectivity index (χ3n) is 3.14. The van der Waals surface area contributed by atoms with Gasteiger partial charge in [0, 0.05) is 6.54 Å². The molecule has 0 unspecified atom stereocenters. The number of rotatable bonds is 3. The molecule has 1 aromatic heterocycles. The Hall–Kier alpha value is -2.71. The maximum Gasteiger partial charge on any atom is 0.113 e. The minimum Gasteiger partial charge on any atom is -0.316 e. The summed E-state index contributed by atoms with van der Waals surface area (Å²) in [6, 6.07) is 15.7. The van der Waals surface area contributed by atoms with Crippen LogP contribution in [0.1, 0.15) is 11.1 Å². The number of aromatic nitrogens is 3. The van der Waals surface area contributed by atoms with Crippen LogP contribution in [-0.4, -0.2) is 22.0 Å². The van der Waals surface area contributed by atoms with E-state index in [2.05, 4.69) is 21.7 Å². The summed E-state index contributed by atoms with van der Waals surface area (Å²) in [5.74, 6) is 0. The minimum atomic E-state index is 0.591. The van der Waals surface area contributed by atoms with Gasteiger partial charge in [0.05, 0.1) is 16.8 Å². The number of hydrogen-bond acceptors (Lipinski definition) is 4. The number of nitrogens with zero attached hydrogens (tertiary/aromatic N) is 4. The number of nitrogens with one attached hydrogen (secondary N) is 1. The first-order chi connectivity index (χ1) is 9.83. The molecule has 98 valence electrons. The summed E-state index contributed by atoms with van der Waals surface area (Å²) < 4.78 is 1.71. The van der Waals surface area contributed by atoms with Gasteiger partial charge in [-0.3, -0.25) is 0 Å². The van der Waals surface area contributed by atoms with Gasteiger partial charge in [0.2, 0.25) is 0 Å². The molecule has 0 bridgehead atoms. The van der Waals surface area contributed by atoms with Crippen molar-refractivity contribution in [2.45, 2.75) is 6.54 Å². The Morgan fingerprint density at radius 1 is 1.25 bits per heavy atom. The molecule has 0 saturated heterocycles. The smallest absolute Gasteiger partial charge is 0.113 e. The van der Waals surface area contributed by atoms with Crippen LogP contribution in [0.3, 0.4) is 0 Å². The number of para-hydroxylation sites is 1. The average Bonchev–Trinajstić information content (AvgIpc) is 2.91. The van der Waals surface area contributed by atoms with Crippen molar-refractivity contribution in [3.8, 4) is 11.8 Å². The first kappa shape index (κ1) is 12.3. The summed E-state index contributed by atoms with van der Waals surface area (Å²) in [7, 11) is 1.88. The Balaban J connectivity index is 2.17. The van der Waals surface area contributed by atoms with Crippen LogP contribution in [0.15, 0.2) is 42.5 Å². The summed E-state index contributed by atoms with van der Waals surface area (Å²) in [6.07, 6.45) is 0. The van der Waals surface area contributed by atoms with Gasteiger partial charge in [-0.1, -0.05) is 23.4 Å². The molecule has 3 rings (SSSR count). The molecule has 0 aliphatic carbocycles. The summed E-state index contributed by atoms with van der Waals surface area (Å²) >= 11 is 0. The number of hydrogen-bond donors (Lipinski definition) is 1. The largest absolute Gasteiger partial charge is 0.316 e. The van der Waals surface area contributed by atoms with Crippen LogP contribution in [0.5, 0.6) is 0 Å². The van der Waals surface area contributed by atoms with Crippen LogP contribution < -0.4 is 5.32 Å². The summed E-state index contributed by atoms with van der Waals surface area (Å²) in [4.78, 5) is 0. The second-order valence-corrected chi connectivity index (χ2v) is 4.48. The molecule has 0 saturated carbocycles. The zero-order valence-corrected chi connectivity index (χ0v) is 11.0. The highest BCUT2D eigenvalue weighted by molar-refractivity contribution is 5.76. The first-order valence-corrected chi connectivity index (χ1v) is 6.32. The van der Waals surface area contributed by atoms with Crippen molar-refractivity contribution in [2.24, 2.45) is 0 Å². The zero-order valence-electron chi connectivity index (χ0n) is 11.0. The lowest BCUT2D eigenvalue weighted by atomic mass is 10.1. The number of nitriles is 1. The molecule has 5 nitrogen and oxygen atoms in total. The van der Waals surface area contributed by atoms with Gasteiger partial charge in [-0.2, -0.15) is 5.26 Å². The predicted octanol–water partition coefficient (Wildman–Crippen LogP) is 2.01. The highest BCUT2D eigenvalue weighted by Crippen LogP contribution is 2.20. The molecule has 0 aliphatic rings. The van der Waals surface area contributed by atoms with Crippen LogP contribution in [0.2, 0.25) is 0 Å². The van der Waals surface area contributed by atoms with Gasteiger partial charge in [-0.25, -0.2) is 4.68 Å². The SMILES string of the molecule is CNCc1ccc(-n2nnc3ccccc32)c(C#N)c1. The van der Waals surface area contributed by atoms with Crippen LogP contribution in [0.4, 0.5) is 0 Å². The molecule has 3 aromatic rings. The molecule has 0 fully saturated rings.